The van der Waals surface area contributed by atoms with Crippen LogP contribution in [0.25, 0.3) is 44.5 Å². The summed E-state index contributed by atoms with van der Waals surface area (Å²) in [4.78, 5) is 15.8. The number of nitro groups is 1. The Balaban J connectivity index is 0.000000194. The van der Waals surface area contributed by atoms with Gasteiger partial charge in [0.1, 0.15) is 0 Å². The molecule has 10 aromatic rings. The van der Waals surface area contributed by atoms with Crippen LogP contribution in [0, 0.1) is 10.1 Å². The molecule has 0 heterocycles. The fraction of sp³-hybridized carbons (Fsp3) is 0. The standard InChI is InChI=1S/C30H21BrN2O2.C30H23BrN2.2Na.O4S2/c31-29-18-6-4-16-27(29)22-10-8-14-25(20-22)32(24-12-2-1-3-13-24)26-15-9-11-23(21-26)28-17-5-7-19-30(28)33(34)35;31-29-18-6-4-16-27(29)22-10-8-14-25(20-22)33(24-12-2-1-3-13-24)26-15-9-11-23(21-26)28-17-5-7-19-30(28)32;;;1-5(2)6(3)4/h1-21H;1-21H,32H2;;;. The zero-order valence-corrected chi connectivity index (χ0v) is 50.0. The minimum atomic E-state index is -2.95. The van der Waals surface area contributed by atoms with Crippen LogP contribution in [0.5, 0.6) is 0 Å². The zero-order valence-electron chi connectivity index (χ0n) is 41.2. The van der Waals surface area contributed by atoms with Crippen LogP contribution >= 0.6 is 31.9 Å². The molecule has 0 bridgehead atoms. The van der Waals surface area contributed by atoms with Gasteiger partial charge in [-0.15, -0.1) is 0 Å². The van der Waals surface area contributed by atoms with Crippen molar-refractivity contribution in [2.75, 3.05) is 15.5 Å². The molecule has 0 aliphatic carbocycles. The summed E-state index contributed by atoms with van der Waals surface area (Å²) in [5.74, 6) is 0. The molecule has 10 rings (SSSR count). The maximum absolute atomic E-state index is 11.6. The van der Waals surface area contributed by atoms with Gasteiger partial charge >= 0.3 is 62.1 Å². The van der Waals surface area contributed by atoms with Gasteiger partial charge in [-0.2, -0.15) is 16.8 Å². The molecule has 0 spiro atoms. The Hall–Kier alpha value is -6.40. The van der Waals surface area contributed by atoms with Gasteiger partial charge in [-0.1, -0.05) is 184 Å². The van der Waals surface area contributed by atoms with E-state index in [1.165, 1.54) is 49.7 Å². The molecule has 0 fully saturated rings. The van der Waals surface area contributed by atoms with Crippen molar-refractivity contribution >= 4 is 140 Å². The normalized spacial score (nSPS) is 10.2. The third-order valence-electron chi connectivity index (χ3n) is 11.6. The van der Waals surface area contributed by atoms with Crippen molar-refractivity contribution in [1.82, 2.24) is 0 Å². The summed E-state index contributed by atoms with van der Waals surface area (Å²) in [7, 11) is -5.90. The van der Waals surface area contributed by atoms with Crippen molar-refractivity contribution in [2.45, 2.75) is 0 Å². The van der Waals surface area contributed by atoms with Crippen LogP contribution in [-0.2, 0) is 18.5 Å². The monoisotopic (exact) mass is 1180 g/mol. The molecular formula is C60H44Br2N4Na2O6S2. The molecule has 0 amide bonds. The Morgan fingerprint density at radius 1 is 0.368 bits per heavy atom. The second-order valence-electron chi connectivity index (χ2n) is 16.3. The van der Waals surface area contributed by atoms with Gasteiger partial charge in [0.15, 0.2) is 0 Å². The second kappa shape index (κ2) is 28.7. The summed E-state index contributed by atoms with van der Waals surface area (Å²) < 4.78 is 38.5. The van der Waals surface area contributed by atoms with Gasteiger partial charge < -0.3 is 15.5 Å². The molecule has 0 atom stereocenters. The van der Waals surface area contributed by atoms with E-state index in [9.17, 15) is 10.1 Å². The topological polar surface area (TPSA) is 144 Å². The van der Waals surface area contributed by atoms with E-state index in [0.29, 0.717) is 5.56 Å². The Labute approximate surface area is 489 Å². The third kappa shape index (κ3) is 15.0. The molecule has 0 radical (unpaired) electrons. The first-order valence-corrected chi connectivity index (χ1v) is 36.1. The van der Waals surface area contributed by atoms with Crippen LogP contribution in [0.15, 0.2) is 264 Å². The fourth-order valence-corrected chi connectivity index (χ4v) is 9.35. The van der Waals surface area contributed by atoms with Crippen molar-refractivity contribution in [3.05, 3.63) is 274 Å². The van der Waals surface area contributed by atoms with Crippen molar-refractivity contribution in [3.8, 4) is 44.5 Å². The molecule has 0 aliphatic rings. The number of benzene rings is 10. The van der Waals surface area contributed by atoms with Crippen LogP contribution < -0.4 is 15.5 Å². The van der Waals surface area contributed by atoms with E-state index in [1.807, 2.05) is 103 Å². The maximum atomic E-state index is 11.6. The Bertz CT molecular complexity index is 3750. The summed E-state index contributed by atoms with van der Waals surface area (Å²) in [6, 6.07) is 85.3. The number of hydrogen-bond donors (Lipinski definition) is 1. The molecule has 10 nitrogen and oxygen atoms in total. The number of nitrogens with zero attached hydrogens (tertiary/aromatic N) is 3. The van der Waals surface area contributed by atoms with Gasteiger partial charge in [0, 0.05) is 60.4 Å². The molecule has 2 N–H and O–H groups in total. The summed E-state index contributed by atoms with van der Waals surface area (Å²) in [5.41, 5.74) is 21.3. The fourth-order valence-electron chi connectivity index (χ4n) is 8.33. The van der Waals surface area contributed by atoms with Crippen molar-refractivity contribution in [3.63, 3.8) is 0 Å². The Morgan fingerprint density at radius 2 is 0.658 bits per heavy atom. The molecule has 0 unspecified atom stereocenters. The van der Waals surface area contributed by atoms with Crippen LogP contribution in [-0.4, -0.2) is 65.4 Å². The predicted octanol–water partition coefficient (Wildman–Crippen LogP) is 15.9. The molecule has 10 aromatic carbocycles. The minimum absolute atomic E-state index is 0.0897. The molecule has 76 heavy (non-hydrogen) atoms. The molecule has 0 aliphatic heterocycles. The van der Waals surface area contributed by atoms with Gasteiger partial charge in [0.25, 0.3) is 5.69 Å². The van der Waals surface area contributed by atoms with E-state index in [-0.39, 0.29) is 10.6 Å². The molecule has 368 valence electrons. The number of anilines is 7. The van der Waals surface area contributed by atoms with Gasteiger partial charge in [-0.05, 0) is 130 Å². The van der Waals surface area contributed by atoms with Gasteiger partial charge in [0.05, 0.1) is 10.5 Å². The Morgan fingerprint density at radius 3 is 1.01 bits per heavy atom. The average molecular weight is 1190 g/mol. The Kier molecular flexibility index (Phi) is 21.6. The molecule has 0 aromatic heterocycles. The molecule has 0 saturated heterocycles. The quantitative estimate of drug-likeness (QED) is 0.0579. The van der Waals surface area contributed by atoms with Crippen LogP contribution in [0.3, 0.4) is 0 Å². The zero-order chi connectivity index (χ0) is 54.0. The summed E-state index contributed by atoms with van der Waals surface area (Å²) in [6.45, 7) is 0. The first-order valence-electron chi connectivity index (χ1n) is 23.8. The first-order chi connectivity index (χ1) is 37.0. The van der Waals surface area contributed by atoms with Crippen molar-refractivity contribution in [2.24, 2.45) is 0 Å². The predicted molar refractivity (Wildman–Crippen MR) is 320 cm³/mol. The van der Waals surface area contributed by atoms with E-state index in [0.717, 1.165) is 87.7 Å². The van der Waals surface area contributed by atoms with Crippen molar-refractivity contribution in [1.29, 1.82) is 0 Å². The van der Waals surface area contributed by atoms with Crippen LogP contribution in [0.4, 0.5) is 45.5 Å². The van der Waals surface area contributed by atoms with Gasteiger partial charge in [-0.3, -0.25) is 10.1 Å². The SMILES string of the molecule is Nc1ccccc1-c1cccc(N(c2ccccc2)c2cccc(-c3ccccc3Br)c2)c1.O=S(=O)=S(=O)=O.O=[N+]([O-])c1ccccc1-c1cccc(N(c2ccccc2)c2cccc(-c3ccccc3Br)c2)c1.[Na][Na]. The van der Waals surface area contributed by atoms with Crippen LogP contribution in [0.2, 0.25) is 0 Å². The number of nitro benzene ring substituents is 1. The molecule has 0 saturated carbocycles. The van der Waals surface area contributed by atoms with Gasteiger partial charge in [-0.25, -0.2) is 0 Å². The molecular weight excluding hydrogens is 1140 g/mol. The van der Waals surface area contributed by atoms with E-state index in [4.69, 9.17) is 22.6 Å². The first kappa shape index (κ1) is 57.3. The average Bonchev–Trinajstić information content (AvgIpc) is 3.46. The number of para-hydroxylation sites is 4. The molecule has 16 heteroatoms. The third-order valence-corrected chi connectivity index (χ3v) is 13.9. The number of nitrogens with two attached hydrogens (primary N) is 1. The summed E-state index contributed by atoms with van der Waals surface area (Å²) in [6.07, 6.45) is 0. The summed E-state index contributed by atoms with van der Waals surface area (Å²) in [5, 5.41) is 11.6. The van der Waals surface area contributed by atoms with Crippen LogP contribution in [0.1, 0.15) is 0 Å². The number of halogens is 2. The second-order valence-corrected chi connectivity index (χ2v) is 20.4. The van der Waals surface area contributed by atoms with E-state index in [1.54, 1.807) is 12.1 Å². The van der Waals surface area contributed by atoms with E-state index in [2.05, 4.69) is 175 Å². The number of rotatable bonds is 11. The van der Waals surface area contributed by atoms with E-state index < -0.39 is 18.5 Å². The summed E-state index contributed by atoms with van der Waals surface area (Å²) >= 11 is 10.3. The number of hydrogen-bond acceptors (Lipinski definition) is 9. The van der Waals surface area contributed by atoms with Crippen molar-refractivity contribution < 1.29 is 21.8 Å². The van der Waals surface area contributed by atoms with E-state index >= 15 is 0 Å². The van der Waals surface area contributed by atoms with Gasteiger partial charge in [0.2, 0.25) is 0 Å². The number of nitrogen functional groups attached to an aromatic ring is 1.